The van der Waals surface area contributed by atoms with Gasteiger partial charge in [0.25, 0.3) is 0 Å². The first-order valence-electron chi connectivity index (χ1n) is 8.48. The van der Waals surface area contributed by atoms with Crippen molar-refractivity contribution in [1.29, 1.82) is 0 Å². The summed E-state index contributed by atoms with van der Waals surface area (Å²) in [6, 6.07) is 18.6. The molecule has 3 N–H and O–H groups in total. The first-order chi connectivity index (χ1) is 12.1. The van der Waals surface area contributed by atoms with Crippen LogP contribution in [-0.2, 0) is 6.42 Å². The van der Waals surface area contributed by atoms with Crippen molar-refractivity contribution in [2.45, 2.75) is 12.5 Å². The summed E-state index contributed by atoms with van der Waals surface area (Å²) in [6.07, 6.45) is 0.923. The lowest BCUT2D eigenvalue weighted by atomic mass is 10.1. The Morgan fingerprint density at radius 3 is 2.35 bits per heavy atom. The van der Waals surface area contributed by atoms with Gasteiger partial charge in [-0.05, 0) is 43.8 Å². The molecule has 0 amide bonds. The van der Waals surface area contributed by atoms with Gasteiger partial charge in [0.2, 0.25) is 0 Å². The molecule has 0 fully saturated rings. The maximum atomic E-state index is 6.01. The number of hydrogen-bond donors (Lipinski definition) is 2. The molecular formula is C20H29IN4O. The van der Waals surface area contributed by atoms with E-state index in [1.807, 2.05) is 44.4 Å². The molecule has 26 heavy (non-hydrogen) atoms. The number of nitrogens with zero attached hydrogens (tertiary/aromatic N) is 2. The fourth-order valence-electron chi connectivity index (χ4n) is 2.61. The molecule has 2 aromatic carbocycles. The first-order valence-corrected chi connectivity index (χ1v) is 8.48. The molecule has 5 nitrogen and oxygen atoms in total. The molecule has 0 aromatic heterocycles. The third-order valence-corrected chi connectivity index (χ3v) is 4.12. The first kappa shape index (κ1) is 22.2. The number of methoxy groups -OCH3 is 1. The third-order valence-electron chi connectivity index (χ3n) is 4.12. The Morgan fingerprint density at radius 2 is 1.77 bits per heavy atom. The van der Waals surface area contributed by atoms with Crippen LogP contribution in [0.25, 0.3) is 0 Å². The molecule has 2 aromatic rings. The molecule has 0 aliphatic heterocycles. The van der Waals surface area contributed by atoms with Crippen LogP contribution >= 0.6 is 24.0 Å². The summed E-state index contributed by atoms with van der Waals surface area (Å²) in [6.45, 7) is 1.37. The smallest absolute Gasteiger partial charge is 0.188 e. The van der Waals surface area contributed by atoms with E-state index < -0.39 is 0 Å². The molecule has 0 aliphatic rings. The molecule has 0 saturated heterocycles. The Balaban J connectivity index is 0.00000338. The van der Waals surface area contributed by atoms with Gasteiger partial charge in [-0.25, -0.2) is 0 Å². The average Bonchev–Trinajstić information content (AvgIpc) is 2.63. The van der Waals surface area contributed by atoms with Crippen molar-refractivity contribution in [3.05, 3.63) is 65.7 Å². The highest BCUT2D eigenvalue weighted by Crippen LogP contribution is 2.21. The number of halogens is 1. The van der Waals surface area contributed by atoms with Crippen LogP contribution in [0.4, 0.5) is 0 Å². The van der Waals surface area contributed by atoms with Crippen LogP contribution < -0.4 is 15.8 Å². The topological polar surface area (TPSA) is 62.9 Å². The Hall–Kier alpha value is -1.80. The molecule has 1 atom stereocenters. The highest BCUT2D eigenvalue weighted by Gasteiger charge is 2.13. The van der Waals surface area contributed by atoms with Gasteiger partial charge >= 0.3 is 0 Å². The van der Waals surface area contributed by atoms with Gasteiger partial charge in [-0.15, -0.1) is 24.0 Å². The molecule has 0 saturated carbocycles. The van der Waals surface area contributed by atoms with Crippen molar-refractivity contribution < 1.29 is 4.74 Å². The van der Waals surface area contributed by atoms with Crippen molar-refractivity contribution in [1.82, 2.24) is 10.2 Å². The van der Waals surface area contributed by atoms with Gasteiger partial charge in [-0.1, -0.05) is 42.5 Å². The van der Waals surface area contributed by atoms with E-state index in [9.17, 15) is 0 Å². The predicted molar refractivity (Wildman–Crippen MR) is 119 cm³/mol. The Kier molecular flexibility index (Phi) is 10.0. The fourth-order valence-corrected chi connectivity index (χ4v) is 2.61. The molecule has 0 spiro atoms. The van der Waals surface area contributed by atoms with E-state index in [4.69, 9.17) is 10.5 Å². The zero-order valence-electron chi connectivity index (χ0n) is 15.7. The van der Waals surface area contributed by atoms with Crippen molar-refractivity contribution in [3.63, 3.8) is 0 Å². The van der Waals surface area contributed by atoms with E-state index in [2.05, 4.69) is 39.5 Å². The molecule has 0 bridgehead atoms. The number of hydrogen-bond acceptors (Lipinski definition) is 3. The molecule has 6 heteroatoms. The van der Waals surface area contributed by atoms with Gasteiger partial charge in [0.15, 0.2) is 5.96 Å². The van der Waals surface area contributed by atoms with Crippen LogP contribution in [0.2, 0.25) is 0 Å². The monoisotopic (exact) mass is 468 g/mol. The van der Waals surface area contributed by atoms with Crippen molar-refractivity contribution >= 4 is 29.9 Å². The molecule has 0 heterocycles. The SMILES string of the molecule is COc1ccc(C(CN=C(N)NCCc2ccccc2)N(C)C)cc1.I. The van der Waals surface area contributed by atoms with Crippen molar-refractivity contribution in [3.8, 4) is 5.75 Å². The number of guanidine groups is 1. The van der Waals surface area contributed by atoms with E-state index in [-0.39, 0.29) is 30.0 Å². The highest BCUT2D eigenvalue weighted by molar-refractivity contribution is 14.0. The number of likely N-dealkylation sites (N-methyl/N-ethyl adjacent to an activating group) is 1. The molecular weight excluding hydrogens is 439 g/mol. The zero-order valence-corrected chi connectivity index (χ0v) is 18.0. The number of benzene rings is 2. The molecule has 0 radical (unpaired) electrons. The Bertz CT molecular complexity index is 659. The third kappa shape index (κ3) is 7.21. The molecule has 1 unspecified atom stereocenters. The van der Waals surface area contributed by atoms with E-state index in [1.54, 1.807) is 7.11 Å². The summed E-state index contributed by atoms with van der Waals surface area (Å²) in [4.78, 5) is 6.65. The van der Waals surface area contributed by atoms with Crippen LogP contribution in [-0.4, -0.2) is 45.2 Å². The molecule has 0 aliphatic carbocycles. The summed E-state index contributed by atoms with van der Waals surface area (Å²) in [5.74, 6) is 1.34. The van der Waals surface area contributed by atoms with Crippen molar-refractivity contribution in [2.75, 3.05) is 34.3 Å². The summed E-state index contributed by atoms with van der Waals surface area (Å²) in [5.41, 5.74) is 8.48. The Labute approximate surface area is 173 Å². The lowest BCUT2D eigenvalue weighted by Gasteiger charge is -2.23. The molecule has 2 rings (SSSR count). The minimum absolute atomic E-state index is 0. The van der Waals surface area contributed by atoms with Gasteiger partial charge in [-0.2, -0.15) is 0 Å². The normalized spacial score (nSPS) is 12.4. The number of nitrogens with two attached hydrogens (primary N) is 1. The second-order valence-corrected chi connectivity index (χ2v) is 6.14. The van der Waals surface area contributed by atoms with E-state index in [1.165, 1.54) is 11.1 Å². The van der Waals surface area contributed by atoms with Gasteiger partial charge in [0, 0.05) is 6.54 Å². The standard InChI is InChI=1S/C20H28N4O.HI/c1-24(2)19(17-9-11-18(25-3)12-10-17)15-23-20(21)22-14-13-16-7-5-4-6-8-16;/h4-12,19H,13-15H2,1-3H3,(H3,21,22,23);1H. The lowest BCUT2D eigenvalue weighted by molar-refractivity contribution is 0.306. The van der Waals surface area contributed by atoms with Crippen LogP contribution in [0, 0.1) is 0 Å². The number of aliphatic imine (C=N–C) groups is 1. The minimum atomic E-state index is 0. The largest absolute Gasteiger partial charge is 0.497 e. The van der Waals surface area contributed by atoms with Gasteiger partial charge in [0.1, 0.15) is 5.75 Å². The van der Waals surface area contributed by atoms with Gasteiger partial charge in [0.05, 0.1) is 19.7 Å². The fraction of sp³-hybridized carbons (Fsp3) is 0.350. The maximum Gasteiger partial charge on any atom is 0.188 e. The van der Waals surface area contributed by atoms with Crippen LogP contribution in [0.5, 0.6) is 5.75 Å². The zero-order chi connectivity index (χ0) is 18.1. The minimum Gasteiger partial charge on any atom is -0.497 e. The number of rotatable bonds is 8. The second-order valence-electron chi connectivity index (χ2n) is 6.14. The van der Waals surface area contributed by atoms with E-state index >= 15 is 0 Å². The van der Waals surface area contributed by atoms with Gasteiger partial charge < -0.3 is 20.7 Å². The second kappa shape index (κ2) is 11.7. The van der Waals surface area contributed by atoms with E-state index in [0.717, 1.165) is 18.7 Å². The Morgan fingerprint density at radius 1 is 1.12 bits per heavy atom. The average molecular weight is 468 g/mol. The van der Waals surface area contributed by atoms with Crippen molar-refractivity contribution in [2.24, 2.45) is 10.7 Å². The van der Waals surface area contributed by atoms with Crippen LogP contribution in [0.1, 0.15) is 17.2 Å². The quantitative estimate of drug-likeness (QED) is 0.355. The summed E-state index contributed by atoms with van der Waals surface area (Å²) >= 11 is 0. The maximum absolute atomic E-state index is 6.01. The van der Waals surface area contributed by atoms with Gasteiger partial charge in [-0.3, -0.25) is 4.99 Å². The summed E-state index contributed by atoms with van der Waals surface area (Å²) < 4.78 is 5.22. The summed E-state index contributed by atoms with van der Waals surface area (Å²) in [7, 11) is 5.76. The lowest BCUT2D eigenvalue weighted by Crippen LogP contribution is -2.34. The van der Waals surface area contributed by atoms with Crippen LogP contribution in [0.15, 0.2) is 59.6 Å². The number of ether oxygens (including phenoxy) is 1. The predicted octanol–water partition coefficient (Wildman–Crippen LogP) is 3.06. The number of nitrogens with one attached hydrogen (secondary N) is 1. The van der Waals surface area contributed by atoms with E-state index in [0.29, 0.717) is 12.5 Å². The highest BCUT2D eigenvalue weighted by atomic mass is 127. The summed E-state index contributed by atoms with van der Waals surface area (Å²) in [5, 5.41) is 3.18. The van der Waals surface area contributed by atoms with Crippen LogP contribution in [0.3, 0.4) is 0 Å². The molecule has 142 valence electrons.